The Morgan fingerprint density at radius 2 is 2.07 bits per heavy atom. The highest BCUT2D eigenvalue weighted by Crippen LogP contribution is 2.25. The average molecular weight is 208 g/mol. The van der Waals surface area contributed by atoms with E-state index in [9.17, 15) is 0 Å². The number of nitrogens with two attached hydrogens (primary N) is 1. The highest BCUT2D eigenvalue weighted by molar-refractivity contribution is 8.03. The van der Waals surface area contributed by atoms with E-state index in [1.54, 1.807) is 18.9 Å². The van der Waals surface area contributed by atoms with E-state index in [4.69, 9.17) is 10.5 Å². The van der Waals surface area contributed by atoms with Crippen LogP contribution in [0, 0.1) is 0 Å². The minimum Gasteiger partial charge on any atom is -0.497 e. The van der Waals surface area contributed by atoms with Crippen molar-refractivity contribution >= 4 is 17.5 Å². The summed E-state index contributed by atoms with van der Waals surface area (Å²) in [6.07, 6.45) is 0. The van der Waals surface area contributed by atoms with E-state index in [-0.39, 0.29) is 5.50 Å². The van der Waals surface area contributed by atoms with Crippen LogP contribution in [0.4, 0.5) is 0 Å². The lowest BCUT2D eigenvalue weighted by Crippen LogP contribution is -2.28. The number of rotatable bonds is 2. The quantitative estimate of drug-likeness (QED) is 0.774. The highest BCUT2D eigenvalue weighted by atomic mass is 32.2. The SMILES string of the molecule is COc1ccc(C2=CSC(N)N2)cc1. The molecule has 0 bridgehead atoms. The Bertz CT molecular complexity index is 348. The van der Waals surface area contributed by atoms with Gasteiger partial charge in [-0.3, -0.25) is 0 Å². The summed E-state index contributed by atoms with van der Waals surface area (Å²) in [5.74, 6) is 0.865. The first-order valence-corrected chi connectivity index (χ1v) is 5.26. The molecular weight excluding hydrogens is 196 g/mol. The van der Waals surface area contributed by atoms with Gasteiger partial charge in [0.2, 0.25) is 0 Å². The maximum Gasteiger partial charge on any atom is 0.127 e. The topological polar surface area (TPSA) is 47.3 Å². The molecule has 1 heterocycles. The molecule has 1 aromatic rings. The molecule has 1 atom stereocenters. The van der Waals surface area contributed by atoms with Gasteiger partial charge in [0.15, 0.2) is 0 Å². The molecule has 0 amide bonds. The normalized spacial score (nSPS) is 20.1. The first-order valence-electron chi connectivity index (χ1n) is 4.32. The molecule has 0 aliphatic carbocycles. The van der Waals surface area contributed by atoms with Crippen molar-refractivity contribution in [3.8, 4) is 5.75 Å². The number of hydrogen-bond donors (Lipinski definition) is 2. The van der Waals surface area contributed by atoms with Crippen LogP contribution in [0.15, 0.2) is 29.7 Å². The van der Waals surface area contributed by atoms with Crippen LogP contribution in [0.1, 0.15) is 5.56 Å². The maximum absolute atomic E-state index is 5.69. The number of ether oxygens (including phenoxy) is 1. The van der Waals surface area contributed by atoms with Gasteiger partial charge >= 0.3 is 0 Å². The van der Waals surface area contributed by atoms with Crippen molar-refractivity contribution in [2.24, 2.45) is 5.73 Å². The van der Waals surface area contributed by atoms with E-state index in [1.807, 2.05) is 29.7 Å². The van der Waals surface area contributed by atoms with E-state index in [1.165, 1.54) is 0 Å². The summed E-state index contributed by atoms with van der Waals surface area (Å²) in [7, 11) is 1.66. The van der Waals surface area contributed by atoms with Crippen molar-refractivity contribution < 1.29 is 4.74 Å². The van der Waals surface area contributed by atoms with Crippen molar-refractivity contribution in [2.45, 2.75) is 5.50 Å². The van der Waals surface area contributed by atoms with Crippen LogP contribution >= 0.6 is 11.8 Å². The van der Waals surface area contributed by atoms with Gasteiger partial charge in [0.1, 0.15) is 11.2 Å². The molecule has 74 valence electrons. The third-order valence-corrected chi connectivity index (χ3v) is 2.81. The number of benzene rings is 1. The summed E-state index contributed by atoms with van der Waals surface area (Å²) in [4.78, 5) is 0. The van der Waals surface area contributed by atoms with E-state index in [0.29, 0.717) is 0 Å². The maximum atomic E-state index is 5.69. The molecule has 0 fully saturated rings. The van der Waals surface area contributed by atoms with Crippen LogP contribution in [0.5, 0.6) is 5.75 Å². The zero-order chi connectivity index (χ0) is 9.97. The molecule has 4 heteroatoms. The van der Waals surface area contributed by atoms with Gasteiger partial charge in [-0.05, 0) is 35.2 Å². The van der Waals surface area contributed by atoms with Gasteiger partial charge in [-0.25, -0.2) is 0 Å². The predicted molar refractivity (Wildman–Crippen MR) is 59.7 cm³/mol. The monoisotopic (exact) mass is 208 g/mol. The summed E-state index contributed by atoms with van der Waals surface area (Å²) in [5, 5.41) is 5.20. The summed E-state index contributed by atoms with van der Waals surface area (Å²) in [5.41, 5.74) is 7.88. The Morgan fingerprint density at radius 1 is 1.36 bits per heavy atom. The summed E-state index contributed by atoms with van der Waals surface area (Å²) in [6.45, 7) is 0. The van der Waals surface area contributed by atoms with Crippen LogP contribution in [-0.4, -0.2) is 12.6 Å². The zero-order valence-electron chi connectivity index (χ0n) is 7.86. The number of thioether (sulfide) groups is 1. The molecule has 0 saturated heterocycles. The van der Waals surface area contributed by atoms with Gasteiger partial charge in [0.05, 0.1) is 7.11 Å². The van der Waals surface area contributed by atoms with Gasteiger partial charge in [0.25, 0.3) is 0 Å². The third kappa shape index (κ3) is 1.86. The molecule has 1 aliphatic heterocycles. The van der Waals surface area contributed by atoms with E-state index in [2.05, 4.69) is 5.32 Å². The number of methoxy groups -OCH3 is 1. The Balaban J connectivity index is 2.17. The van der Waals surface area contributed by atoms with Crippen molar-refractivity contribution in [1.82, 2.24) is 5.32 Å². The van der Waals surface area contributed by atoms with Crippen LogP contribution in [0.25, 0.3) is 5.70 Å². The number of nitrogens with one attached hydrogen (secondary N) is 1. The van der Waals surface area contributed by atoms with Crippen molar-refractivity contribution in [1.29, 1.82) is 0 Å². The van der Waals surface area contributed by atoms with E-state index < -0.39 is 0 Å². The van der Waals surface area contributed by atoms with Crippen LogP contribution in [0.2, 0.25) is 0 Å². The van der Waals surface area contributed by atoms with Crippen molar-refractivity contribution in [3.63, 3.8) is 0 Å². The average Bonchev–Trinajstić information content (AvgIpc) is 2.65. The molecule has 14 heavy (non-hydrogen) atoms. The minimum atomic E-state index is -0.0212. The van der Waals surface area contributed by atoms with Crippen LogP contribution in [-0.2, 0) is 0 Å². The molecule has 1 aromatic carbocycles. The molecular formula is C10H12N2OS. The Morgan fingerprint density at radius 3 is 2.57 bits per heavy atom. The van der Waals surface area contributed by atoms with Crippen molar-refractivity contribution in [2.75, 3.05) is 7.11 Å². The predicted octanol–water partition coefficient (Wildman–Crippen LogP) is 1.57. The molecule has 0 radical (unpaired) electrons. The Labute approximate surface area is 87.3 Å². The van der Waals surface area contributed by atoms with Gasteiger partial charge in [-0.1, -0.05) is 11.8 Å². The zero-order valence-corrected chi connectivity index (χ0v) is 8.67. The van der Waals surface area contributed by atoms with Crippen molar-refractivity contribution in [3.05, 3.63) is 35.2 Å². The number of hydrogen-bond acceptors (Lipinski definition) is 4. The fourth-order valence-corrected chi connectivity index (χ4v) is 1.97. The minimum absolute atomic E-state index is 0.0212. The summed E-state index contributed by atoms with van der Waals surface area (Å²) < 4.78 is 5.08. The smallest absolute Gasteiger partial charge is 0.127 e. The van der Waals surface area contributed by atoms with E-state index >= 15 is 0 Å². The summed E-state index contributed by atoms with van der Waals surface area (Å²) in [6, 6.07) is 7.89. The van der Waals surface area contributed by atoms with Gasteiger partial charge in [-0.15, -0.1) is 0 Å². The molecule has 0 aromatic heterocycles. The van der Waals surface area contributed by atoms with Gasteiger partial charge < -0.3 is 15.8 Å². The first kappa shape index (κ1) is 9.43. The van der Waals surface area contributed by atoms with Gasteiger partial charge in [-0.2, -0.15) is 0 Å². The molecule has 1 unspecified atom stereocenters. The lowest BCUT2D eigenvalue weighted by Gasteiger charge is -2.08. The molecule has 3 N–H and O–H groups in total. The third-order valence-electron chi connectivity index (χ3n) is 2.03. The Hall–Kier alpha value is -1.13. The van der Waals surface area contributed by atoms with E-state index in [0.717, 1.165) is 17.0 Å². The second kappa shape index (κ2) is 3.94. The molecule has 2 rings (SSSR count). The van der Waals surface area contributed by atoms with Gasteiger partial charge in [0, 0.05) is 5.70 Å². The van der Waals surface area contributed by atoms with Crippen LogP contribution < -0.4 is 15.8 Å². The highest BCUT2D eigenvalue weighted by Gasteiger charge is 2.12. The Kier molecular flexibility index (Phi) is 2.65. The van der Waals surface area contributed by atoms with Crippen LogP contribution in [0.3, 0.4) is 0 Å². The second-order valence-corrected chi connectivity index (χ2v) is 3.98. The fraction of sp³-hybridized carbons (Fsp3) is 0.200. The second-order valence-electron chi connectivity index (χ2n) is 2.96. The molecule has 0 spiro atoms. The lowest BCUT2D eigenvalue weighted by molar-refractivity contribution is 0.415. The molecule has 0 saturated carbocycles. The summed E-state index contributed by atoms with van der Waals surface area (Å²) >= 11 is 1.58. The fourth-order valence-electron chi connectivity index (χ4n) is 1.28. The standard InChI is InChI=1S/C10H12N2OS/c1-13-8-4-2-7(3-5-8)9-6-14-10(11)12-9/h2-6,10,12H,11H2,1H3. The molecule has 1 aliphatic rings. The lowest BCUT2D eigenvalue weighted by atomic mass is 10.2. The first-order chi connectivity index (χ1) is 6.79. The molecule has 3 nitrogen and oxygen atoms in total. The largest absolute Gasteiger partial charge is 0.497 e.